The number of alkyl carbamates (subject to hydrolysis) is 1. The highest BCUT2D eigenvalue weighted by molar-refractivity contribution is 5.87. The summed E-state index contributed by atoms with van der Waals surface area (Å²) in [6, 6.07) is 8.58. The molecule has 1 amide bonds. The quantitative estimate of drug-likeness (QED) is 0.666. The second-order valence-corrected chi connectivity index (χ2v) is 7.52. The highest BCUT2D eigenvalue weighted by atomic mass is 16.6. The number of para-hydroxylation sites is 1. The minimum absolute atomic E-state index is 0.228. The first kappa shape index (κ1) is 20.3. The van der Waals surface area contributed by atoms with Crippen LogP contribution in [-0.2, 0) is 20.7 Å². The van der Waals surface area contributed by atoms with Crippen molar-refractivity contribution in [3.63, 3.8) is 0 Å². The molecule has 3 aromatic rings. The molecule has 8 heteroatoms. The maximum absolute atomic E-state index is 12.3. The van der Waals surface area contributed by atoms with Crippen molar-refractivity contribution >= 4 is 23.0 Å². The van der Waals surface area contributed by atoms with Crippen LogP contribution in [-0.4, -0.2) is 45.4 Å². The first-order valence-corrected chi connectivity index (χ1v) is 9.22. The maximum atomic E-state index is 12.3. The van der Waals surface area contributed by atoms with Gasteiger partial charge in [0.2, 0.25) is 5.95 Å². The number of fused-ring (bicyclic) bond motifs is 1. The standard InChI is InChI=1S/C21H24N4O4/c1-21(2,3)29-20(27)24-16(18(26)28-4)12-14-13-25(19-22-10-7-11-23-19)17-9-6-5-8-15(14)17/h5-11,13,16H,12H2,1-4H3,(H,24,27). The molecule has 152 valence electrons. The SMILES string of the molecule is COC(=O)C(Cc1cn(-c2ncccn2)c2ccccc12)NC(=O)OC(C)(C)C. The summed E-state index contributed by atoms with van der Waals surface area (Å²) in [5.41, 5.74) is 1.07. The first-order chi connectivity index (χ1) is 13.8. The number of amides is 1. The molecule has 3 rings (SSSR count). The van der Waals surface area contributed by atoms with E-state index in [1.54, 1.807) is 39.2 Å². The van der Waals surface area contributed by atoms with Crippen molar-refractivity contribution in [2.75, 3.05) is 7.11 Å². The van der Waals surface area contributed by atoms with Gasteiger partial charge in [0.15, 0.2) is 0 Å². The van der Waals surface area contributed by atoms with Gasteiger partial charge < -0.3 is 14.8 Å². The molecule has 0 aliphatic carbocycles. The lowest BCUT2D eigenvalue weighted by atomic mass is 10.1. The number of hydrogen-bond donors (Lipinski definition) is 1. The van der Waals surface area contributed by atoms with Gasteiger partial charge in [-0.05, 0) is 38.5 Å². The Bertz CT molecular complexity index is 1010. The van der Waals surface area contributed by atoms with E-state index in [4.69, 9.17) is 9.47 Å². The Morgan fingerprint density at radius 2 is 1.83 bits per heavy atom. The normalized spacial score (nSPS) is 12.4. The van der Waals surface area contributed by atoms with Crippen LogP contribution in [0.15, 0.2) is 48.9 Å². The summed E-state index contributed by atoms with van der Waals surface area (Å²) < 4.78 is 12.0. The zero-order valence-electron chi connectivity index (χ0n) is 16.9. The number of carbonyl (C=O) groups is 2. The summed E-state index contributed by atoms with van der Waals surface area (Å²) in [6.07, 6.45) is 4.75. The molecule has 1 unspecified atom stereocenters. The summed E-state index contributed by atoms with van der Waals surface area (Å²) in [6.45, 7) is 5.27. The van der Waals surface area contributed by atoms with E-state index in [-0.39, 0.29) is 6.42 Å². The zero-order chi connectivity index (χ0) is 21.0. The fourth-order valence-electron chi connectivity index (χ4n) is 3.00. The Labute approximate surface area is 168 Å². The van der Waals surface area contributed by atoms with E-state index in [2.05, 4.69) is 15.3 Å². The van der Waals surface area contributed by atoms with E-state index in [0.717, 1.165) is 16.5 Å². The summed E-state index contributed by atoms with van der Waals surface area (Å²) >= 11 is 0. The summed E-state index contributed by atoms with van der Waals surface area (Å²) in [7, 11) is 1.28. The molecular weight excluding hydrogens is 372 g/mol. The molecule has 29 heavy (non-hydrogen) atoms. The second-order valence-electron chi connectivity index (χ2n) is 7.52. The Morgan fingerprint density at radius 1 is 1.14 bits per heavy atom. The van der Waals surface area contributed by atoms with Crippen LogP contribution < -0.4 is 5.32 Å². The van der Waals surface area contributed by atoms with Gasteiger partial charge in [0, 0.05) is 30.4 Å². The average Bonchev–Trinajstić information content (AvgIpc) is 3.05. The van der Waals surface area contributed by atoms with Gasteiger partial charge >= 0.3 is 12.1 Å². The van der Waals surface area contributed by atoms with E-state index in [0.29, 0.717) is 5.95 Å². The number of esters is 1. The van der Waals surface area contributed by atoms with Crippen molar-refractivity contribution < 1.29 is 19.1 Å². The van der Waals surface area contributed by atoms with Gasteiger partial charge in [0.1, 0.15) is 11.6 Å². The molecule has 0 fully saturated rings. The van der Waals surface area contributed by atoms with Crippen molar-refractivity contribution in [2.24, 2.45) is 0 Å². The monoisotopic (exact) mass is 396 g/mol. The number of nitrogens with one attached hydrogen (secondary N) is 1. The number of hydrogen-bond acceptors (Lipinski definition) is 6. The third-order valence-electron chi connectivity index (χ3n) is 4.16. The predicted octanol–water partition coefficient (Wildman–Crippen LogP) is 3.03. The summed E-state index contributed by atoms with van der Waals surface area (Å²) in [4.78, 5) is 33.1. The molecular formula is C21H24N4O4. The second kappa shape index (κ2) is 8.30. The van der Waals surface area contributed by atoms with Gasteiger partial charge in [0.25, 0.3) is 0 Å². The minimum Gasteiger partial charge on any atom is -0.467 e. The molecule has 0 spiro atoms. The number of rotatable bonds is 5. The number of methoxy groups -OCH3 is 1. The van der Waals surface area contributed by atoms with Crippen molar-refractivity contribution in [3.8, 4) is 5.95 Å². The summed E-state index contributed by atoms with van der Waals surface area (Å²) in [5, 5.41) is 3.54. The average molecular weight is 396 g/mol. The molecule has 0 bridgehead atoms. The Hall–Kier alpha value is -3.42. The largest absolute Gasteiger partial charge is 0.467 e. The fourth-order valence-corrected chi connectivity index (χ4v) is 3.00. The molecule has 0 saturated heterocycles. The molecule has 1 aromatic carbocycles. The van der Waals surface area contributed by atoms with E-state index in [1.165, 1.54) is 7.11 Å². The van der Waals surface area contributed by atoms with Gasteiger partial charge in [-0.25, -0.2) is 19.6 Å². The lowest BCUT2D eigenvalue weighted by Gasteiger charge is -2.22. The molecule has 0 aliphatic rings. The van der Waals surface area contributed by atoms with Crippen LogP contribution in [0.1, 0.15) is 26.3 Å². The third-order valence-corrected chi connectivity index (χ3v) is 4.16. The van der Waals surface area contributed by atoms with Gasteiger partial charge in [-0.15, -0.1) is 0 Å². The molecule has 8 nitrogen and oxygen atoms in total. The number of nitrogens with zero attached hydrogens (tertiary/aromatic N) is 3. The number of ether oxygens (including phenoxy) is 2. The van der Waals surface area contributed by atoms with E-state index in [9.17, 15) is 9.59 Å². The molecule has 2 aromatic heterocycles. The number of aromatic nitrogens is 3. The molecule has 1 atom stereocenters. The number of carbonyl (C=O) groups excluding carboxylic acids is 2. The van der Waals surface area contributed by atoms with Crippen LogP contribution in [0.2, 0.25) is 0 Å². The predicted molar refractivity (Wildman–Crippen MR) is 108 cm³/mol. The fraction of sp³-hybridized carbons (Fsp3) is 0.333. The summed E-state index contributed by atoms with van der Waals surface area (Å²) in [5.74, 6) is -0.0340. The Balaban J connectivity index is 1.94. The van der Waals surface area contributed by atoms with Crippen LogP contribution in [0.5, 0.6) is 0 Å². The minimum atomic E-state index is -0.897. The van der Waals surface area contributed by atoms with Crippen LogP contribution in [0.4, 0.5) is 4.79 Å². The Kier molecular flexibility index (Phi) is 5.81. The topological polar surface area (TPSA) is 95.3 Å². The van der Waals surface area contributed by atoms with Gasteiger partial charge in [-0.1, -0.05) is 18.2 Å². The molecule has 0 saturated carbocycles. The molecule has 0 aliphatic heterocycles. The van der Waals surface area contributed by atoms with Crippen LogP contribution in [0.3, 0.4) is 0 Å². The zero-order valence-corrected chi connectivity index (χ0v) is 16.9. The van der Waals surface area contributed by atoms with Crippen molar-refractivity contribution in [3.05, 3.63) is 54.5 Å². The van der Waals surface area contributed by atoms with Crippen molar-refractivity contribution in [1.29, 1.82) is 0 Å². The first-order valence-electron chi connectivity index (χ1n) is 9.22. The van der Waals surface area contributed by atoms with E-state index < -0.39 is 23.7 Å². The van der Waals surface area contributed by atoms with Crippen molar-refractivity contribution in [2.45, 2.75) is 38.8 Å². The molecule has 0 radical (unpaired) electrons. The van der Waals surface area contributed by atoms with Gasteiger partial charge in [-0.3, -0.25) is 4.57 Å². The van der Waals surface area contributed by atoms with Crippen LogP contribution >= 0.6 is 0 Å². The maximum Gasteiger partial charge on any atom is 0.408 e. The van der Waals surface area contributed by atoms with Gasteiger partial charge in [0.05, 0.1) is 12.6 Å². The van der Waals surface area contributed by atoms with E-state index >= 15 is 0 Å². The van der Waals surface area contributed by atoms with E-state index in [1.807, 2.05) is 35.0 Å². The Morgan fingerprint density at radius 3 is 2.48 bits per heavy atom. The molecule has 1 N–H and O–H groups in total. The number of benzene rings is 1. The molecule has 2 heterocycles. The van der Waals surface area contributed by atoms with Crippen LogP contribution in [0.25, 0.3) is 16.9 Å². The lowest BCUT2D eigenvalue weighted by Crippen LogP contribution is -2.45. The smallest absolute Gasteiger partial charge is 0.408 e. The highest BCUT2D eigenvalue weighted by Gasteiger charge is 2.26. The lowest BCUT2D eigenvalue weighted by molar-refractivity contribution is -0.143. The van der Waals surface area contributed by atoms with Crippen molar-refractivity contribution in [1.82, 2.24) is 19.9 Å². The van der Waals surface area contributed by atoms with Crippen LogP contribution in [0, 0.1) is 0 Å². The third kappa shape index (κ3) is 4.90. The highest BCUT2D eigenvalue weighted by Crippen LogP contribution is 2.25. The van der Waals surface area contributed by atoms with Gasteiger partial charge in [-0.2, -0.15) is 0 Å².